The summed E-state index contributed by atoms with van der Waals surface area (Å²) in [5.41, 5.74) is 1.54. The molecule has 0 spiro atoms. The van der Waals surface area contributed by atoms with E-state index in [9.17, 15) is 4.55 Å². The highest BCUT2D eigenvalue weighted by Crippen LogP contribution is 2.33. The molecule has 1 unspecified atom stereocenters. The van der Waals surface area contributed by atoms with E-state index in [0.717, 1.165) is 18.8 Å². The summed E-state index contributed by atoms with van der Waals surface area (Å²) in [7, 11) is 0. The molecule has 1 aliphatic rings. The third-order valence-electron chi connectivity index (χ3n) is 5.11. The van der Waals surface area contributed by atoms with E-state index in [-0.39, 0.29) is 12.2 Å². The molecule has 2 heterocycles. The highest BCUT2D eigenvalue weighted by Gasteiger charge is 2.24. The number of nitrogens with zero attached hydrogens (tertiary/aromatic N) is 2. The van der Waals surface area contributed by atoms with E-state index in [1.54, 1.807) is 30.5 Å². The standard InChI is InChI=1S/C23H25ClN4O3S/c1-15-12-28(13-16(2)30-15)14-18-11-26-23(31-18)20-8-17(24)9-22(21(20)10-25)27-32(29)19-6-4-3-5-7-19/h3-11,15-16,25,27H,12-14H2,1-2H3/t15-,16-,32?/m1/s1. The van der Waals surface area contributed by atoms with Crippen molar-refractivity contribution in [3.05, 3.63) is 65.0 Å². The second-order valence-electron chi connectivity index (χ2n) is 7.83. The Balaban J connectivity index is 1.58. The molecule has 0 radical (unpaired) electrons. The number of aromatic nitrogens is 1. The summed E-state index contributed by atoms with van der Waals surface area (Å²) in [4.78, 5) is 7.32. The Morgan fingerprint density at radius 2 is 1.97 bits per heavy atom. The maximum Gasteiger partial charge on any atom is 0.227 e. The van der Waals surface area contributed by atoms with Gasteiger partial charge >= 0.3 is 0 Å². The van der Waals surface area contributed by atoms with Crippen LogP contribution in [-0.4, -0.2) is 45.9 Å². The number of nitrogens with one attached hydrogen (secondary N) is 2. The van der Waals surface area contributed by atoms with E-state index in [1.807, 2.05) is 18.2 Å². The topological polar surface area (TPSA) is 97.4 Å². The summed E-state index contributed by atoms with van der Waals surface area (Å²) in [6.07, 6.45) is 3.21. The summed E-state index contributed by atoms with van der Waals surface area (Å²) in [5.74, 6) is 1.09. The number of hydrogen-bond acceptors (Lipinski definition) is 7. The molecule has 32 heavy (non-hydrogen) atoms. The minimum absolute atomic E-state index is 0.165. The largest absolute Gasteiger partial charge is 0.588 e. The number of halogens is 1. The molecule has 3 aromatic rings. The van der Waals surface area contributed by atoms with Gasteiger partial charge < -0.3 is 19.1 Å². The molecule has 1 saturated heterocycles. The first kappa shape index (κ1) is 22.8. The molecule has 0 aliphatic carbocycles. The quantitative estimate of drug-likeness (QED) is 0.381. The molecule has 0 saturated carbocycles. The normalized spacial score (nSPS) is 20.1. The monoisotopic (exact) mass is 472 g/mol. The number of ether oxygens (including phenoxy) is 1. The zero-order chi connectivity index (χ0) is 22.7. The van der Waals surface area contributed by atoms with Crippen LogP contribution in [0.4, 0.5) is 5.69 Å². The lowest BCUT2D eigenvalue weighted by atomic mass is 10.1. The summed E-state index contributed by atoms with van der Waals surface area (Å²) < 4.78 is 27.5. The van der Waals surface area contributed by atoms with Crippen LogP contribution in [-0.2, 0) is 22.6 Å². The van der Waals surface area contributed by atoms with Gasteiger partial charge in [-0.2, -0.15) is 0 Å². The number of hydrogen-bond donors (Lipinski definition) is 2. The minimum atomic E-state index is -1.51. The predicted octanol–water partition coefficient (Wildman–Crippen LogP) is 4.74. The number of anilines is 1. The van der Waals surface area contributed by atoms with E-state index < -0.39 is 11.4 Å². The van der Waals surface area contributed by atoms with Crippen LogP contribution in [0.2, 0.25) is 5.02 Å². The second kappa shape index (κ2) is 10.1. The van der Waals surface area contributed by atoms with Gasteiger partial charge in [0.25, 0.3) is 0 Å². The van der Waals surface area contributed by atoms with Gasteiger partial charge in [0, 0.05) is 35.5 Å². The summed E-state index contributed by atoms with van der Waals surface area (Å²) in [5, 5.41) is 8.38. The van der Waals surface area contributed by atoms with E-state index >= 15 is 0 Å². The summed E-state index contributed by atoms with van der Waals surface area (Å²) in [6, 6.07) is 12.4. The van der Waals surface area contributed by atoms with Crippen LogP contribution in [0.25, 0.3) is 11.5 Å². The molecule has 0 bridgehead atoms. The molecule has 3 atom stereocenters. The van der Waals surface area contributed by atoms with Crippen LogP contribution < -0.4 is 4.72 Å². The van der Waals surface area contributed by atoms with E-state index in [1.165, 1.54) is 6.21 Å². The molecule has 0 amide bonds. The maximum absolute atomic E-state index is 12.7. The third-order valence-corrected chi connectivity index (χ3v) is 6.43. The first-order valence-electron chi connectivity index (χ1n) is 10.3. The number of morpholine rings is 1. The van der Waals surface area contributed by atoms with Gasteiger partial charge in [-0.15, -0.1) is 0 Å². The van der Waals surface area contributed by atoms with Crippen molar-refractivity contribution >= 4 is 34.9 Å². The van der Waals surface area contributed by atoms with Crippen LogP contribution in [0, 0.1) is 5.41 Å². The fourth-order valence-electron chi connectivity index (χ4n) is 3.88. The van der Waals surface area contributed by atoms with Gasteiger partial charge in [-0.05, 0) is 38.1 Å². The van der Waals surface area contributed by atoms with Crippen LogP contribution >= 0.6 is 11.6 Å². The van der Waals surface area contributed by atoms with E-state index in [2.05, 4.69) is 28.5 Å². The van der Waals surface area contributed by atoms with Crippen LogP contribution in [0.3, 0.4) is 0 Å². The zero-order valence-electron chi connectivity index (χ0n) is 17.9. The molecule has 1 aromatic heterocycles. The number of benzene rings is 2. The molecule has 9 heteroatoms. The van der Waals surface area contributed by atoms with Crippen LogP contribution in [0.15, 0.2) is 58.0 Å². The Hall–Kier alpha value is -2.36. The van der Waals surface area contributed by atoms with Gasteiger partial charge in [0.15, 0.2) is 4.90 Å². The van der Waals surface area contributed by atoms with Gasteiger partial charge in [0.05, 0.1) is 30.6 Å². The Labute approximate surface area is 195 Å². The Morgan fingerprint density at radius 3 is 2.66 bits per heavy atom. The predicted molar refractivity (Wildman–Crippen MR) is 127 cm³/mol. The smallest absolute Gasteiger partial charge is 0.227 e. The molecule has 7 nitrogen and oxygen atoms in total. The average Bonchev–Trinajstić information content (AvgIpc) is 3.21. The first-order valence-corrected chi connectivity index (χ1v) is 11.9. The molecule has 1 fully saturated rings. The summed E-state index contributed by atoms with van der Waals surface area (Å²) >= 11 is 4.84. The van der Waals surface area contributed by atoms with E-state index in [4.69, 9.17) is 26.2 Å². The Kier molecular flexibility index (Phi) is 7.17. The molecule has 168 valence electrons. The van der Waals surface area contributed by atoms with Crippen molar-refractivity contribution in [2.45, 2.75) is 37.5 Å². The van der Waals surface area contributed by atoms with Crippen molar-refractivity contribution in [3.63, 3.8) is 0 Å². The molecule has 4 rings (SSSR count). The Bertz CT molecular complexity index is 1070. The second-order valence-corrected chi connectivity index (χ2v) is 9.48. The molecular weight excluding hydrogens is 448 g/mol. The van der Waals surface area contributed by atoms with Gasteiger partial charge in [-0.1, -0.05) is 29.8 Å². The molecule has 2 N–H and O–H groups in total. The number of oxazole rings is 1. The van der Waals surface area contributed by atoms with Gasteiger partial charge in [0.2, 0.25) is 5.89 Å². The van der Waals surface area contributed by atoms with Crippen LogP contribution in [0.5, 0.6) is 0 Å². The SMILES string of the molecule is C[C@@H]1CN(Cc2cnc(-c3cc(Cl)cc(N[S+]([O-])c4ccccc4)c3C=N)o2)C[C@@H](C)O1. The zero-order valence-corrected chi connectivity index (χ0v) is 19.4. The van der Waals surface area contributed by atoms with Gasteiger partial charge in [0.1, 0.15) is 17.1 Å². The van der Waals surface area contributed by atoms with Gasteiger partial charge in [-0.25, -0.2) is 9.71 Å². The lowest BCUT2D eigenvalue weighted by Crippen LogP contribution is -2.44. The molecule has 2 aromatic carbocycles. The highest BCUT2D eigenvalue weighted by atomic mass is 35.5. The van der Waals surface area contributed by atoms with Crippen molar-refractivity contribution in [2.75, 3.05) is 17.8 Å². The Morgan fingerprint density at radius 1 is 1.25 bits per heavy atom. The average molecular weight is 473 g/mol. The third kappa shape index (κ3) is 5.33. The van der Waals surface area contributed by atoms with Crippen molar-refractivity contribution in [2.24, 2.45) is 0 Å². The lowest BCUT2D eigenvalue weighted by Gasteiger charge is -2.34. The van der Waals surface area contributed by atoms with Crippen molar-refractivity contribution in [1.82, 2.24) is 9.88 Å². The van der Waals surface area contributed by atoms with Crippen molar-refractivity contribution < 1.29 is 13.7 Å². The fraction of sp³-hybridized carbons (Fsp3) is 0.304. The minimum Gasteiger partial charge on any atom is -0.588 e. The van der Waals surface area contributed by atoms with Crippen molar-refractivity contribution in [1.29, 1.82) is 5.41 Å². The lowest BCUT2D eigenvalue weighted by molar-refractivity contribution is -0.0718. The highest BCUT2D eigenvalue weighted by molar-refractivity contribution is 7.92. The maximum atomic E-state index is 12.7. The van der Waals surface area contributed by atoms with E-state index in [0.29, 0.717) is 39.2 Å². The number of rotatable bonds is 7. The van der Waals surface area contributed by atoms with Crippen molar-refractivity contribution in [3.8, 4) is 11.5 Å². The molecule has 1 aliphatic heterocycles. The first-order chi connectivity index (χ1) is 15.4. The summed E-state index contributed by atoms with van der Waals surface area (Å²) in [6.45, 7) is 6.38. The van der Waals surface area contributed by atoms with Gasteiger partial charge in [-0.3, -0.25) is 4.90 Å². The van der Waals surface area contributed by atoms with Crippen LogP contribution in [0.1, 0.15) is 25.2 Å². The fourth-order valence-corrected chi connectivity index (χ4v) is 4.99. The molecular formula is C23H25ClN4O3S.